The number of aryl methyl sites for hydroxylation is 1. The summed E-state index contributed by atoms with van der Waals surface area (Å²) in [4.78, 5) is 11.1. The van der Waals surface area contributed by atoms with Crippen LogP contribution in [-0.2, 0) is 6.54 Å². The standard InChI is InChI=1S/C15H16N2O2/c1-10-7-12(8-13(14(10)16)15(18)19)17-9-11-5-3-2-4-6-11/h2-8,17H,9,16H2,1H3,(H,18,19). The van der Waals surface area contributed by atoms with Crippen molar-refractivity contribution in [3.05, 3.63) is 59.2 Å². The van der Waals surface area contributed by atoms with Gasteiger partial charge < -0.3 is 16.2 Å². The second kappa shape index (κ2) is 5.44. The Kier molecular flexibility index (Phi) is 3.71. The van der Waals surface area contributed by atoms with E-state index in [1.165, 1.54) is 0 Å². The third-order valence-corrected chi connectivity index (χ3v) is 2.96. The number of carboxylic acids is 1. The van der Waals surface area contributed by atoms with Crippen molar-refractivity contribution < 1.29 is 9.90 Å². The Morgan fingerprint density at radius 2 is 1.95 bits per heavy atom. The van der Waals surface area contributed by atoms with Crippen LogP contribution in [0.1, 0.15) is 21.5 Å². The van der Waals surface area contributed by atoms with Crippen LogP contribution in [-0.4, -0.2) is 11.1 Å². The van der Waals surface area contributed by atoms with E-state index in [4.69, 9.17) is 10.8 Å². The van der Waals surface area contributed by atoms with Gasteiger partial charge in [-0.3, -0.25) is 0 Å². The predicted molar refractivity (Wildman–Crippen MR) is 76.3 cm³/mol. The first-order valence-corrected chi connectivity index (χ1v) is 5.99. The molecule has 0 radical (unpaired) electrons. The van der Waals surface area contributed by atoms with E-state index in [1.807, 2.05) is 36.4 Å². The van der Waals surface area contributed by atoms with Gasteiger partial charge in [-0.1, -0.05) is 30.3 Å². The number of nitrogens with one attached hydrogen (secondary N) is 1. The molecule has 0 saturated heterocycles. The second-order valence-electron chi connectivity index (χ2n) is 4.40. The smallest absolute Gasteiger partial charge is 0.337 e. The van der Waals surface area contributed by atoms with Crippen molar-refractivity contribution in [3.8, 4) is 0 Å². The summed E-state index contributed by atoms with van der Waals surface area (Å²) in [5.41, 5.74) is 8.85. The van der Waals surface area contributed by atoms with E-state index in [1.54, 1.807) is 13.0 Å². The Morgan fingerprint density at radius 3 is 2.58 bits per heavy atom. The summed E-state index contributed by atoms with van der Waals surface area (Å²) in [6, 6.07) is 13.3. The van der Waals surface area contributed by atoms with Crippen LogP contribution >= 0.6 is 0 Å². The predicted octanol–water partition coefficient (Wildman–Crippen LogP) is 2.89. The van der Waals surface area contributed by atoms with Crippen molar-refractivity contribution in [2.45, 2.75) is 13.5 Å². The molecule has 0 heterocycles. The Morgan fingerprint density at radius 1 is 1.26 bits per heavy atom. The van der Waals surface area contributed by atoms with Crippen LogP contribution in [0.25, 0.3) is 0 Å². The van der Waals surface area contributed by atoms with Gasteiger partial charge in [-0.05, 0) is 30.2 Å². The molecule has 0 aliphatic rings. The van der Waals surface area contributed by atoms with E-state index < -0.39 is 5.97 Å². The highest BCUT2D eigenvalue weighted by molar-refractivity contribution is 5.95. The summed E-state index contributed by atoms with van der Waals surface area (Å²) in [6.45, 7) is 2.44. The van der Waals surface area contributed by atoms with Gasteiger partial charge in [0.1, 0.15) is 0 Å². The number of anilines is 2. The van der Waals surface area contributed by atoms with Crippen LogP contribution in [0.2, 0.25) is 0 Å². The summed E-state index contributed by atoms with van der Waals surface area (Å²) in [7, 11) is 0. The monoisotopic (exact) mass is 256 g/mol. The largest absolute Gasteiger partial charge is 0.478 e. The minimum atomic E-state index is -1.01. The number of carboxylic acid groups (broad SMARTS) is 1. The van der Waals surface area contributed by atoms with Gasteiger partial charge in [0.15, 0.2) is 0 Å². The fraction of sp³-hybridized carbons (Fsp3) is 0.133. The summed E-state index contributed by atoms with van der Waals surface area (Å²) in [5, 5.41) is 12.3. The third-order valence-electron chi connectivity index (χ3n) is 2.96. The molecule has 0 aliphatic carbocycles. The first-order chi connectivity index (χ1) is 9.08. The first kappa shape index (κ1) is 13.0. The Labute approximate surface area is 111 Å². The second-order valence-corrected chi connectivity index (χ2v) is 4.40. The number of nitrogens with two attached hydrogens (primary N) is 1. The summed E-state index contributed by atoms with van der Waals surface area (Å²) in [5.74, 6) is -1.01. The molecule has 0 aliphatic heterocycles. The van der Waals surface area contributed by atoms with E-state index in [2.05, 4.69) is 5.32 Å². The molecule has 2 rings (SSSR count). The molecule has 4 N–H and O–H groups in total. The molecule has 98 valence electrons. The molecule has 0 spiro atoms. The lowest BCUT2D eigenvalue weighted by molar-refractivity contribution is 0.0698. The van der Waals surface area contributed by atoms with Gasteiger partial charge in [-0.15, -0.1) is 0 Å². The lowest BCUT2D eigenvalue weighted by Gasteiger charge is -2.11. The van der Waals surface area contributed by atoms with E-state index in [9.17, 15) is 4.79 Å². The van der Waals surface area contributed by atoms with Gasteiger partial charge in [0.2, 0.25) is 0 Å². The van der Waals surface area contributed by atoms with Crippen molar-refractivity contribution in [2.24, 2.45) is 0 Å². The molecule has 0 saturated carbocycles. The molecule has 4 heteroatoms. The molecule has 2 aromatic rings. The molecule has 4 nitrogen and oxygen atoms in total. The summed E-state index contributed by atoms with van der Waals surface area (Å²) >= 11 is 0. The lowest BCUT2D eigenvalue weighted by Crippen LogP contribution is -2.07. The zero-order valence-corrected chi connectivity index (χ0v) is 10.7. The van der Waals surface area contributed by atoms with Crippen molar-refractivity contribution in [3.63, 3.8) is 0 Å². The average molecular weight is 256 g/mol. The molecule has 0 bridgehead atoms. The van der Waals surface area contributed by atoms with Crippen molar-refractivity contribution in [2.75, 3.05) is 11.1 Å². The molecule has 2 aromatic carbocycles. The van der Waals surface area contributed by atoms with Crippen LogP contribution in [0.3, 0.4) is 0 Å². The number of aromatic carboxylic acids is 1. The fourth-order valence-electron chi connectivity index (χ4n) is 1.88. The minimum Gasteiger partial charge on any atom is -0.478 e. The summed E-state index contributed by atoms with van der Waals surface area (Å²) < 4.78 is 0. The molecule has 0 unspecified atom stereocenters. The van der Waals surface area contributed by atoms with Gasteiger partial charge in [-0.2, -0.15) is 0 Å². The quantitative estimate of drug-likeness (QED) is 0.735. The zero-order chi connectivity index (χ0) is 13.8. The number of rotatable bonds is 4. The topological polar surface area (TPSA) is 75.3 Å². The Hall–Kier alpha value is -2.49. The summed E-state index contributed by atoms with van der Waals surface area (Å²) in [6.07, 6.45) is 0. The average Bonchev–Trinajstić information content (AvgIpc) is 2.41. The van der Waals surface area contributed by atoms with Crippen molar-refractivity contribution in [1.82, 2.24) is 0 Å². The van der Waals surface area contributed by atoms with Crippen molar-refractivity contribution in [1.29, 1.82) is 0 Å². The van der Waals surface area contributed by atoms with E-state index in [0.29, 0.717) is 12.2 Å². The molecule has 0 aromatic heterocycles. The number of hydrogen-bond donors (Lipinski definition) is 3. The number of benzene rings is 2. The molecular formula is C15H16N2O2. The number of hydrogen-bond acceptors (Lipinski definition) is 3. The zero-order valence-electron chi connectivity index (χ0n) is 10.7. The van der Waals surface area contributed by atoms with Gasteiger partial charge in [0.05, 0.1) is 5.56 Å². The minimum absolute atomic E-state index is 0.135. The number of nitrogen functional groups attached to an aromatic ring is 1. The van der Waals surface area contributed by atoms with Gasteiger partial charge >= 0.3 is 5.97 Å². The maximum Gasteiger partial charge on any atom is 0.337 e. The van der Waals surface area contributed by atoms with Gasteiger partial charge in [-0.25, -0.2) is 4.79 Å². The normalized spacial score (nSPS) is 10.2. The molecule has 0 fully saturated rings. The first-order valence-electron chi connectivity index (χ1n) is 5.99. The maximum absolute atomic E-state index is 11.1. The van der Waals surface area contributed by atoms with Crippen LogP contribution in [0.4, 0.5) is 11.4 Å². The van der Waals surface area contributed by atoms with E-state index in [-0.39, 0.29) is 5.56 Å². The highest BCUT2D eigenvalue weighted by Gasteiger charge is 2.11. The third kappa shape index (κ3) is 3.04. The Bertz CT molecular complexity index is 595. The van der Waals surface area contributed by atoms with Gasteiger partial charge in [0.25, 0.3) is 0 Å². The van der Waals surface area contributed by atoms with Crippen LogP contribution in [0.5, 0.6) is 0 Å². The van der Waals surface area contributed by atoms with E-state index in [0.717, 1.165) is 16.8 Å². The molecule has 0 atom stereocenters. The lowest BCUT2D eigenvalue weighted by atomic mass is 10.1. The van der Waals surface area contributed by atoms with Crippen molar-refractivity contribution >= 4 is 17.3 Å². The maximum atomic E-state index is 11.1. The van der Waals surface area contributed by atoms with Crippen LogP contribution in [0, 0.1) is 6.92 Å². The van der Waals surface area contributed by atoms with E-state index >= 15 is 0 Å². The van der Waals surface area contributed by atoms with Gasteiger partial charge in [0, 0.05) is 17.9 Å². The Balaban J connectivity index is 2.19. The SMILES string of the molecule is Cc1cc(NCc2ccccc2)cc(C(=O)O)c1N. The van der Waals surface area contributed by atoms with Crippen LogP contribution in [0.15, 0.2) is 42.5 Å². The highest BCUT2D eigenvalue weighted by atomic mass is 16.4. The molecule has 19 heavy (non-hydrogen) atoms. The highest BCUT2D eigenvalue weighted by Crippen LogP contribution is 2.23. The fourth-order valence-corrected chi connectivity index (χ4v) is 1.88. The molecular weight excluding hydrogens is 240 g/mol. The molecule has 0 amide bonds. The van der Waals surface area contributed by atoms with Crippen LogP contribution < -0.4 is 11.1 Å². The number of carbonyl (C=O) groups is 1.